The monoisotopic (exact) mass is 421 g/mol. The second-order valence-corrected chi connectivity index (χ2v) is 7.29. The molecule has 0 aromatic heterocycles. The largest absolute Gasteiger partial charge is 0.497 e. The first-order valence-corrected chi connectivity index (χ1v) is 9.85. The smallest absolute Gasteiger partial charge is 0.416 e. The van der Waals surface area contributed by atoms with Crippen molar-refractivity contribution in [1.29, 1.82) is 0 Å². The van der Waals surface area contributed by atoms with E-state index in [-0.39, 0.29) is 18.5 Å². The maximum absolute atomic E-state index is 12.9. The lowest BCUT2D eigenvalue weighted by atomic mass is 10.0. The Labute approximate surface area is 174 Å². The highest BCUT2D eigenvalue weighted by Crippen LogP contribution is 2.30. The fraction of sp³-hybridized carbons (Fsp3) is 0.409. The maximum atomic E-state index is 12.9. The van der Waals surface area contributed by atoms with E-state index in [0.717, 1.165) is 36.7 Å². The molecule has 1 saturated heterocycles. The Hall–Kier alpha value is -2.74. The molecular weight excluding hydrogens is 395 g/mol. The summed E-state index contributed by atoms with van der Waals surface area (Å²) in [5, 5.41) is 3.04. The van der Waals surface area contributed by atoms with Crippen LogP contribution >= 0.6 is 0 Å². The van der Waals surface area contributed by atoms with Gasteiger partial charge in [-0.3, -0.25) is 4.79 Å². The van der Waals surface area contributed by atoms with Crippen molar-refractivity contribution in [3.05, 3.63) is 59.7 Å². The summed E-state index contributed by atoms with van der Waals surface area (Å²) in [6, 6.07) is 12.6. The number of alkyl halides is 3. The van der Waals surface area contributed by atoms with Crippen molar-refractivity contribution in [1.82, 2.24) is 10.2 Å². The first-order chi connectivity index (χ1) is 14.3. The summed E-state index contributed by atoms with van der Waals surface area (Å²) < 4.78 is 43.8. The number of ether oxygens (including phenoxy) is 1. The Balaban J connectivity index is 1.49. The van der Waals surface area contributed by atoms with Crippen LogP contribution in [0.3, 0.4) is 0 Å². The molecular formula is C22H26F3N3O2. The highest BCUT2D eigenvalue weighted by molar-refractivity contribution is 5.78. The third-order valence-corrected chi connectivity index (χ3v) is 5.34. The standard InChI is InChI=1S/C22H26F3N3O2/c1-16(17-4-3-5-18(14-17)22(23,24)25)26-15-21(29)28-12-10-27(11-13-28)19-6-8-20(30-2)9-7-19/h3-9,14,16,26H,10-13,15H2,1-2H3/t16-/m1/s1. The molecule has 1 atom stereocenters. The molecule has 0 bridgehead atoms. The Kier molecular flexibility index (Phi) is 6.87. The molecule has 8 heteroatoms. The van der Waals surface area contributed by atoms with Crippen LogP contribution in [-0.2, 0) is 11.0 Å². The number of hydrogen-bond donors (Lipinski definition) is 1. The van der Waals surface area contributed by atoms with Crippen molar-refractivity contribution in [2.45, 2.75) is 19.1 Å². The Bertz CT molecular complexity index is 847. The van der Waals surface area contributed by atoms with Crippen LogP contribution in [0.15, 0.2) is 48.5 Å². The molecule has 0 radical (unpaired) electrons. The minimum Gasteiger partial charge on any atom is -0.497 e. The number of rotatable bonds is 6. The zero-order valence-electron chi connectivity index (χ0n) is 17.1. The number of hydrogen-bond acceptors (Lipinski definition) is 4. The molecule has 2 aromatic carbocycles. The van der Waals surface area contributed by atoms with E-state index in [2.05, 4.69) is 10.2 Å². The van der Waals surface area contributed by atoms with Gasteiger partial charge < -0.3 is 19.9 Å². The molecule has 2 aromatic rings. The molecule has 1 N–H and O–H groups in total. The number of nitrogens with zero attached hydrogens (tertiary/aromatic N) is 2. The number of piperazine rings is 1. The molecule has 1 heterocycles. The molecule has 30 heavy (non-hydrogen) atoms. The Morgan fingerprint density at radius 1 is 1.10 bits per heavy atom. The molecule has 0 spiro atoms. The van der Waals surface area contributed by atoms with Crippen LogP contribution in [0.1, 0.15) is 24.1 Å². The number of anilines is 1. The molecule has 3 rings (SSSR count). The topological polar surface area (TPSA) is 44.8 Å². The second-order valence-electron chi connectivity index (χ2n) is 7.29. The van der Waals surface area contributed by atoms with E-state index < -0.39 is 11.7 Å². The lowest BCUT2D eigenvalue weighted by Gasteiger charge is -2.36. The first-order valence-electron chi connectivity index (χ1n) is 9.85. The SMILES string of the molecule is COc1ccc(N2CCN(C(=O)CN[C@H](C)c3cccc(C(F)(F)F)c3)CC2)cc1. The number of carbonyl (C=O) groups is 1. The van der Waals surface area contributed by atoms with E-state index in [1.54, 1.807) is 25.0 Å². The molecule has 162 valence electrons. The summed E-state index contributed by atoms with van der Waals surface area (Å²) in [5.41, 5.74) is 0.899. The summed E-state index contributed by atoms with van der Waals surface area (Å²) in [6.45, 7) is 4.49. The Morgan fingerprint density at radius 3 is 2.37 bits per heavy atom. The van der Waals surface area contributed by atoms with Gasteiger partial charge in [0.2, 0.25) is 5.91 Å². The van der Waals surface area contributed by atoms with Crippen LogP contribution in [0, 0.1) is 0 Å². The molecule has 5 nitrogen and oxygen atoms in total. The van der Waals surface area contributed by atoms with Gasteiger partial charge in [-0.15, -0.1) is 0 Å². The minimum atomic E-state index is -4.38. The number of benzene rings is 2. The maximum Gasteiger partial charge on any atom is 0.416 e. The quantitative estimate of drug-likeness (QED) is 0.773. The first kappa shape index (κ1) is 22.0. The van der Waals surface area contributed by atoms with Gasteiger partial charge in [-0.1, -0.05) is 12.1 Å². The van der Waals surface area contributed by atoms with Crippen LogP contribution in [0.5, 0.6) is 5.75 Å². The van der Waals surface area contributed by atoms with E-state index >= 15 is 0 Å². The Morgan fingerprint density at radius 2 is 1.77 bits per heavy atom. The van der Waals surface area contributed by atoms with E-state index in [1.807, 2.05) is 24.3 Å². The van der Waals surface area contributed by atoms with Gasteiger partial charge in [-0.2, -0.15) is 13.2 Å². The highest BCUT2D eigenvalue weighted by Gasteiger charge is 2.30. The van der Waals surface area contributed by atoms with Crippen molar-refractivity contribution < 1.29 is 22.7 Å². The number of nitrogens with one attached hydrogen (secondary N) is 1. The van der Waals surface area contributed by atoms with Gasteiger partial charge in [0.25, 0.3) is 0 Å². The van der Waals surface area contributed by atoms with Crippen LogP contribution < -0.4 is 15.0 Å². The predicted octanol–water partition coefficient (Wildman–Crippen LogP) is 3.71. The molecule has 1 aliphatic rings. The van der Waals surface area contributed by atoms with Crippen molar-refractivity contribution in [3.63, 3.8) is 0 Å². The van der Waals surface area contributed by atoms with Crippen molar-refractivity contribution >= 4 is 11.6 Å². The van der Waals surface area contributed by atoms with E-state index in [4.69, 9.17) is 4.74 Å². The van der Waals surface area contributed by atoms with Gasteiger partial charge in [0.05, 0.1) is 19.2 Å². The van der Waals surface area contributed by atoms with Gasteiger partial charge >= 0.3 is 6.18 Å². The van der Waals surface area contributed by atoms with Crippen molar-refractivity contribution in [2.24, 2.45) is 0 Å². The summed E-state index contributed by atoms with van der Waals surface area (Å²) >= 11 is 0. The van der Waals surface area contributed by atoms with E-state index in [9.17, 15) is 18.0 Å². The van der Waals surface area contributed by atoms with Crippen molar-refractivity contribution in [3.8, 4) is 5.75 Å². The zero-order valence-corrected chi connectivity index (χ0v) is 17.1. The molecule has 0 aliphatic carbocycles. The lowest BCUT2D eigenvalue weighted by molar-refractivity contribution is -0.137. The zero-order chi connectivity index (χ0) is 21.7. The molecule has 1 aliphatic heterocycles. The van der Waals surface area contributed by atoms with E-state index in [1.165, 1.54) is 6.07 Å². The summed E-state index contributed by atoms with van der Waals surface area (Å²) in [4.78, 5) is 16.5. The van der Waals surface area contributed by atoms with Crippen LogP contribution in [0.2, 0.25) is 0 Å². The van der Waals surface area contributed by atoms with Gasteiger partial charge in [0.1, 0.15) is 5.75 Å². The van der Waals surface area contributed by atoms with Gasteiger partial charge in [-0.25, -0.2) is 0 Å². The molecule has 0 unspecified atom stereocenters. The van der Waals surface area contributed by atoms with Gasteiger partial charge in [-0.05, 0) is 48.9 Å². The van der Waals surface area contributed by atoms with Crippen molar-refractivity contribution in [2.75, 3.05) is 44.7 Å². The molecule has 1 fully saturated rings. The predicted molar refractivity (Wildman–Crippen MR) is 110 cm³/mol. The average Bonchev–Trinajstić information content (AvgIpc) is 2.77. The normalized spacial score (nSPS) is 15.8. The lowest BCUT2D eigenvalue weighted by Crippen LogP contribution is -2.51. The van der Waals surface area contributed by atoms with Crippen LogP contribution in [0.4, 0.5) is 18.9 Å². The number of methoxy groups -OCH3 is 1. The minimum absolute atomic E-state index is 0.0526. The molecule has 0 saturated carbocycles. The second kappa shape index (κ2) is 9.38. The highest BCUT2D eigenvalue weighted by atomic mass is 19.4. The fourth-order valence-corrected chi connectivity index (χ4v) is 3.46. The number of carbonyl (C=O) groups excluding carboxylic acids is 1. The van der Waals surface area contributed by atoms with Crippen LogP contribution in [-0.4, -0.2) is 50.6 Å². The summed E-state index contributed by atoms with van der Waals surface area (Å²) in [6.07, 6.45) is -4.38. The van der Waals surface area contributed by atoms with Crippen LogP contribution in [0.25, 0.3) is 0 Å². The van der Waals surface area contributed by atoms with Gasteiger partial charge in [0.15, 0.2) is 0 Å². The summed E-state index contributed by atoms with van der Waals surface area (Å²) in [7, 11) is 1.63. The third-order valence-electron chi connectivity index (χ3n) is 5.34. The summed E-state index contributed by atoms with van der Waals surface area (Å²) in [5.74, 6) is 0.747. The third kappa shape index (κ3) is 5.44. The molecule has 1 amide bonds. The van der Waals surface area contributed by atoms with E-state index in [0.29, 0.717) is 18.7 Å². The average molecular weight is 421 g/mol. The number of halogens is 3. The van der Waals surface area contributed by atoms with Gasteiger partial charge in [0, 0.05) is 37.9 Å². The fourth-order valence-electron chi connectivity index (χ4n) is 3.46. The number of amides is 1.